The lowest BCUT2D eigenvalue weighted by molar-refractivity contribution is -0.168. The minimum absolute atomic E-state index is 0.0475. The number of hydrogen-bond donors (Lipinski definition) is 2. The molecule has 3 saturated heterocycles. The van der Waals surface area contributed by atoms with Gasteiger partial charge in [-0.3, -0.25) is 15.0 Å². The summed E-state index contributed by atoms with van der Waals surface area (Å²) >= 11 is 6.96. The molecule has 48 heavy (non-hydrogen) atoms. The standard InChI is InChI=1S/C35H38ClF2N7O3/c36-24-8-25-22(11-40-43-25)27-26(24)21-7-19(21)13-47-18-35(46)14-33(15-35)3-1-5-44(16-33)31-23-10-39-30(27)28(38)29(23)41-32(42-31)48-17-34-4-2-6-45(34)12-20(37)9-34/h8,10-11,19-21,46H,1-7,9,12-18H2,(H,40,43)/t19-,20-,21-,33?,34+,35?/m1/s1. The zero-order valence-corrected chi connectivity index (χ0v) is 27.4. The maximum atomic E-state index is 17.2. The number of rotatable bonds is 3. The molecule has 8 aliphatic rings. The highest BCUT2D eigenvalue weighted by molar-refractivity contribution is 6.33. The van der Waals surface area contributed by atoms with Crippen LogP contribution in [0.1, 0.15) is 62.8 Å². The van der Waals surface area contributed by atoms with Crippen LogP contribution in [0.2, 0.25) is 5.02 Å². The summed E-state index contributed by atoms with van der Waals surface area (Å²) < 4.78 is 44.3. The van der Waals surface area contributed by atoms with Crippen LogP contribution in [0.3, 0.4) is 0 Å². The Hall–Kier alpha value is -3.19. The predicted octanol–water partition coefficient (Wildman–Crippen LogP) is 5.56. The van der Waals surface area contributed by atoms with Crippen molar-refractivity contribution >= 4 is 39.2 Å². The summed E-state index contributed by atoms with van der Waals surface area (Å²) in [4.78, 5) is 18.8. The summed E-state index contributed by atoms with van der Waals surface area (Å²) in [6, 6.07) is 1.92. The highest BCUT2D eigenvalue weighted by atomic mass is 35.5. The van der Waals surface area contributed by atoms with Crippen molar-refractivity contribution in [1.29, 1.82) is 0 Å². The molecule has 4 atom stereocenters. The topological polar surface area (TPSA) is 113 Å². The Balaban J connectivity index is 1.14. The van der Waals surface area contributed by atoms with E-state index >= 15 is 4.39 Å². The zero-order valence-electron chi connectivity index (χ0n) is 26.7. The van der Waals surface area contributed by atoms with Gasteiger partial charge in [0, 0.05) is 48.2 Å². The molecule has 13 heteroatoms. The van der Waals surface area contributed by atoms with Gasteiger partial charge in [-0.1, -0.05) is 11.6 Å². The van der Waals surface area contributed by atoms with E-state index in [1.807, 2.05) is 6.07 Å². The van der Waals surface area contributed by atoms with Crippen LogP contribution in [0, 0.1) is 17.2 Å². The molecule has 0 unspecified atom stereocenters. The molecule has 2 saturated carbocycles. The lowest BCUT2D eigenvalue weighted by Gasteiger charge is -2.57. The SMILES string of the molecule is OC12COC[C@H]3C[C@H]3c3c(Cl)cc4[nH]ncc4c3-c3ncc4c(nc(OC[C@@]56CCCN5C[C@H](F)C6)nc4c3F)N3CCCC(C3)(C1)C2. The number of nitrogens with zero attached hydrogens (tertiary/aromatic N) is 6. The summed E-state index contributed by atoms with van der Waals surface area (Å²) in [5.74, 6) is 0.238. The van der Waals surface area contributed by atoms with E-state index in [1.54, 1.807) is 12.4 Å². The number of aromatic amines is 1. The molecule has 9 heterocycles. The second-order valence-electron chi connectivity index (χ2n) is 15.6. The van der Waals surface area contributed by atoms with Crippen LogP contribution in [-0.4, -0.2) is 98.5 Å². The minimum Gasteiger partial charge on any atom is -0.461 e. The highest BCUT2D eigenvalue weighted by Gasteiger charge is 2.56. The van der Waals surface area contributed by atoms with E-state index in [4.69, 9.17) is 36.0 Å². The number of fused-ring (bicyclic) bond motifs is 2. The summed E-state index contributed by atoms with van der Waals surface area (Å²) in [7, 11) is 0. The van der Waals surface area contributed by atoms with E-state index in [2.05, 4.69) is 20.0 Å². The molecule has 5 fully saturated rings. The van der Waals surface area contributed by atoms with Crippen LogP contribution in [-0.2, 0) is 4.74 Å². The average Bonchev–Trinajstić information content (AvgIpc) is 3.31. The Bertz CT molecular complexity index is 1970. The fraction of sp³-hybridized carbons (Fsp3) is 0.600. The Kier molecular flexibility index (Phi) is 6.44. The summed E-state index contributed by atoms with van der Waals surface area (Å²) in [5.41, 5.74) is 1.04. The number of anilines is 1. The van der Waals surface area contributed by atoms with Crippen molar-refractivity contribution in [2.24, 2.45) is 11.3 Å². The van der Waals surface area contributed by atoms with E-state index in [-0.39, 0.29) is 41.1 Å². The Morgan fingerprint density at radius 3 is 2.92 bits per heavy atom. The molecule has 1 aromatic carbocycles. The van der Waals surface area contributed by atoms with Gasteiger partial charge in [0.15, 0.2) is 5.82 Å². The van der Waals surface area contributed by atoms with Crippen molar-refractivity contribution in [2.75, 3.05) is 50.9 Å². The van der Waals surface area contributed by atoms with Crippen LogP contribution in [0.15, 0.2) is 18.5 Å². The first kappa shape index (κ1) is 29.7. The van der Waals surface area contributed by atoms with E-state index in [0.29, 0.717) is 72.9 Å². The molecule has 2 aliphatic carbocycles. The van der Waals surface area contributed by atoms with Crippen LogP contribution < -0.4 is 9.64 Å². The number of benzene rings is 1. The number of pyridine rings is 1. The molecule has 0 radical (unpaired) electrons. The molecule has 252 valence electrons. The molecule has 0 amide bonds. The first-order valence-electron chi connectivity index (χ1n) is 17.3. The molecule has 6 aliphatic heterocycles. The summed E-state index contributed by atoms with van der Waals surface area (Å²) in [6.45, 7) is 3.69. The van der Waals surface area contributed by atoms with Crippen LogP contribution in [0.5, 0.6) is 6.01 Å². The molecular formula is C35H38ClF2N7O3. The van der Waals surface area contributed by atoms with Crippen molar-refractivity contribution in [3.05, 3.63) is 34.9 Å². The predicted molar refractivity (Wildman–Crippen MR) is 176 cm³/mol. The smallest absolute Gasteiger partial charge is 0.319 e. The van der Waals surface area contributed by atoms with Crippen LogP contribution >= 0.6 is 11.6 Å². The van der Waals surface area contributed by atoms with Crippen LogP contribution in [0.4, 0.5) is 14.6 Å². The number of halogens is 3. The molecule has 10 nitrogen and oxygen atoms in total. The molecule has 4 aromatic rings. The Labute approximate surface area is 281 Å². The van der Waals surface area contributed by atoms with Crippen molar-refractivity contribution in [1.82, 2.24) is 30.0 Å². The maximum Gasteiger partial charge on any atom is 0.319 e. The first-order chi connectivity index (χ1) is 23.2. The lowest BCUT2D eigenvalue weighted by atomic mass is 9.56. The number of H-pyrrole nitrogens is 1. The fourth-order valence-corrected chi connectivity index (χ4v) is 10.5. The number of aliphatic hydroxyl groups is 1. The number of aromatic nitrogens is 5. The molecule has 1 spiro atoms. The second-order valence-corrected chi connectivity index (χ2v) is 16.0. The van der Waals surface area contributed by atoms with Crippen molar-refractivity contribution in [2.45, 2.75) is 74.6 Å². The van der Waals surface area contributed by atoms with Gasteiger partial charge in [-0.25, -0.2) is 8.78 Å². The number of alkyl halides is 1. The van der Waals surface area contributed by atoms with Gasteiger partial charge in [0.2, 0.25) is 0 Å². The van der Waals surface area contributed by atoms with Gasteiger partial charge in [-0.2, -0.15) is 15.1 Å². The van der Waals surface area contributed by atoms with Gasteiger partial charge in [0.1, 0.15) is 29.8 Å². The van der Waals surface area contributed by atoms with E-state index in [9.17, 15) is 9.50 Å². The first-order valence-corrected chi connectivity index (χ1v) is 17.7. The quantitative estimate of drug-likeness (QED) is 0.288. The lowest BCUT2D eigenvalue weighted by Crippen LogP contribution is -2.60. The Morgan fingerprint density at radius 1 is 1.15 bits per heavy atom. The van der Waals surface area contributed by atoms with Gasteiger partial charge >= 0.3 is 6.01 Å². The van der Waals surface area contributed by atoms with Gasteiger partial charge in [0.05, 0.1) is 41.5 Å². The third kappa shape index (κ3) is 4.51. The Morgan fingerprint density at radius 2 is 2.02 bits per heavy atom. The number of nitrogens with one attached hydrogen (secondary N) is 1. The second kappa shape index (κ2) is 10.4. The normalized spacial score (nSPS) is 34.2. The average molecular weight is 678 g/mol. The third-order valence-corrected chi connectivity index (χ3v) is 12.5. The zero-order chi connectivity index (χ0) is 32.4. The van der Waals surface area contributed by atoms with Crippen LogP contribution in [0.25, 0.3) is 33.1 Å². The van der Waals surface area contributed by atoms with Gasteiger partial charge in [-0.15, -0.1) is 0 Å². The fourth-order valence-electron chi connectivity index (χ4n) is 10.2. The largest absolute Gasteiger partial charge is 0.461 e. The highest BCUT2D eigenvalue weighted by Crippen LogP contribution is 2.57. The number of piperidine rings is 1. The molecule has 12 rings (SSSR count). The monoisotopic (exact) mass is 677 g/mol. The van der Waals surface area contributed by atoms with E-state index in [1.165, 1.54) is 0 Å². The summed E-state index contributed by atoms with van der Waals surface area (Å²) in [6.07, 6.45) is 8.76. The van der Waals surface area contributed by atoms with Crippen molar-refractivity contribution in [3.63, 3.8) is 0 Å². The minimum atomic E-state index is -0.891. The van der Waals surface area contributed by atoms with Gasteiger partial charge in [-0.05, 0) is 80.4 Å². The third-order valence-electron chi connectivity index (χ3n) is 12.2. The number of hydrogen-bond acceptors (Lipinski definition) is 9. The molecule has 3 aromatic heterocycles. The molecule has 2 N–H and O–H groups in total. The van der Waals surface area contributed by atoms with Gasteiger partial charge < -0.3 is 19.5 Å². The van der Waals surface area contributed by atoms with Gasteiger partial charge in [0.25, 0.3) is 0 Å². The van der Waals surface area contributed by atoms with E-state index in [0.717, 1.165) is 56.1 Å². The molecular weight excluding hydrogens is 640 g/mol. The van der Waals surface area contributed by atoms with Crippen molar-refractivity contribution < 1.29 is 23.4 Å². The van der Waals surface area contributed by atoms with E-state index < -0.39 is 23.1 Å². The number of ether oxygens (including phenoxy) is 2. The van der Waals surface area contributed by atoms with Crippen molar-refractivity contribution in [3.8, 4) is 17.3 Å². The summed E-state index contributed by atoms with van der Waals surface area (Å²) in [5, 5.41) is 20.5. The molecule has 7 bridgehead atoms. The maximum absolute atomic E-state index is 17.2.